The number of nitrogens with zero attached hydrogens (tertiary/aromatic N) is 2. The Kier molecular flexibility index (Phi) is 7.77. The van der Waals surface area contributed by atoms with E-state index < -0.39 is 0 Å². The van der Waals surface area contributed by atoms with Crippen molar-refractivity contribution in [1.82, 2.24) is 15.1 Å². The molecule has 1 heterocycles. The predicted molar refractivity (Wildman–Crippen MR) is 72.5 cm³/mol. The van der Waals surface area contributed by atoms with Crippen molar-refractivity contribution in [2.45, 2.75) is 25.8 Å². The zero-order valence-corrected chi connectivity index (χ0v) is 11.7. The van der Waals surface area contributed by atoms with Crippen molar-refractivity contribution in [2.75, 3.05) is 60.0 Å². The zero-order chi connectivity index (χ0) is 12.5. The standard InChI is InChI=1S/C13H29N3O/c1-13-5-8-16(7-4-6-14-13)10-12-17-11-9-15(2)3/h13-14H,4-12H2,1-3H3. The van der Waals surface area contributed by atoms with Crippen LogP contribution < -0.4 is 5.32 Å². The molecule has 0 amide bonds. The first-order valence-corrected chi connectivity index (χ1v) is 6.86. The van der Waals surface area contributed by atoms with E-state index in [1.54, 1.807) is 0 Å². The first-order valence-electron chi connectivity index (χ1n) is 6.86. The lowest BCUT2D eigenvalue weighted by Crippen LogP contribution is -2.39. The summed E-state index contributed by atoms with van der Waals surface area (Å²) in [5.41, 5.74) is 0. The molecule has 1 saturated heterocycles. The highest BCUT2D eigenvalue weighted by atomic mass is 16.5. The Hall–Kier alpha value is -0.160. The molecule has 0 aromatic heterocycles. The lowest BCUT2D eigenvalue weighted by atomic mass is 10.2. The first kappa shape index (κ1) is 14.9. The normalized spacial score (nSPS) is 23.6. The molecule has 1 aliphatic rings. The summed E-state index contributed by atoms with van der Waals surface area (Å²) in [6.07, 6.45) is 2.50. The van der Waals surface area contributed by atoms with Gasteiger partial charge in [0.15, 0.2) is 0 Å². The monoisotopic (exact) mass is 243 g/mol. The maximum Gasteiger partial charge on any atom is 0.0594 e. The van der Waals surface area contributed by atoms with Crippen LogP contribution in [0, 0.1) is 0 Å². The Labute approximate surface area is 106 Å². The number of likely N-dealkylation sites (N-methyl/N-ethyl adjacent to an activating group) is 1. The minimum Gasteiger partial charge on any atom is -0.379 e. The highest BCUT2D eigenvalue weighted by Gasteiger charge is 2.11. The molecule has 0 bridgehead atoms. The molecule has 1 rings (SSSR count). The van der Waals surface area contributed by atoms with E-state index >= 15 is 0 Å². The maximum atomic E-state index is 5.65. The van der Waals surface area contributed by atoms with Crippen molar-refractivity contribution in [2.24, 2.45) is 0 Å². The summed E-state index contributed by atoms with van der Waals surface area (Å²) in [7, 11) is 4.16. The molecule has 0 aliphatic carbocycles. The maximum absolute atomic E-state index is 5.65. The van der Waals surface area contributed by atoms with Crippen LogP contribution >= 0.6 is 0 Å². The number of hydrogen-bond donors (Lipinski definition) is 1. The lowest BCUT2D eigenvalue weighted by molar-refractivity contribution is 0.0891. The minimum atomic E-state index is 0.660. The van der Waals surface area contributed by atoms with Crippen LogP contribution in [-0.4, -0.2) is 75.9 Å². The molecule has 0 aromatic rings. The Morgan fingerprint density at radius 2 is 2.12 bits per heavy atom. The third-order valence-corrected chi connectivity index (χ3v) is 3.26. The van der Waals surface area contributed by atoms with E-state index in [2.05, 4.69) is 36.1 Å². The fourth-order valence-electron chi connectivity index (χ4n) is 2.01. The molecule has 0 spiro atoms. The second-order valence-corrected chi connectivity index (χ2v) is 5.25. The van der Waals surface area contributed by atoms with Crippen LogP contribution in [0.25, 0.3) is 0 Å². The summed E-state index contributed by atoms with van der Waals surface area (Å²) in [6, 6.07) is 0.660. The first-order chi connectivity index (χ1) is 8.18. The Morgan fingerprint density at radius 1 is 1.29 bits per heavy atom. The molecule has 4 heteroatoms. The van der Waals surface area contributed by atoms with Crippen molar-refractivity contribution in [3.63, 3.8) is 0 Å². The van der Waals surface area contributed by atoms with Crippen LogP contribution in [0.3, 0.4) is 0 Å². The predicted octanol–water partition coefficient (Wildman–Crippen LogP) is 0.639. The summed E-state index contributed by atoms with van der Waals surface area (Å²) in [5, 5.41) is 3.53. The molecule has 4 nitrogen and oxygen atoms in total. The van der Waals surface area contributed by atoms with Gasteiger partial charge in [-0.05, 0) is 53.5 Å². The van der Waals surface area contributed by atoms with Crippen molar-refractivity contribution < 1.29 is 4.74 Å². The molecule has 17 heavy (non-hydrogen) atoms. The van der Waals surface area contributed by atoms with Gasteiger partial charge in [-0.15, -0.1) is 0 Å². The van der Waals surface area contributed by atoms with Gasteiger partial charge in [0.25, 0.3) is 0 Å². The van der Waals surface area contributed by atoms with Gasteiger partial charge in [-0.25, -0.2) is 0 Å². The molecular formula is C13H29N3O. The van der Waals surface area contributed by atoms with E-state index in [1.165, 1.54) is 25.9 Å². The fraction of sp³-hybridized carbons (Fsp3) is 1.00. The summed E-state index contributed by atoms with van der Waals surface area (Å²) >= 11 is 0. The SMILES string of the molecule is CC1CCN(CCOCCN(C)C)CCCN1. The van der Waals surface area contributed by atoms with E-state index in [1.807, 2.05) is 0 Å². The van der Waals surface area contributed by atoms with Gasteiger partial charge in [0.1, 0.15) is 0 Å². The quantitative estimate of drug-likeness (QED) is 0.693. The zero-order valence-electron chi connectivity index (χ0n) is 11.7. The van der Waals surface area contributed by atoms with Crippen molar-refractivity contribution in [1.29, 1.82) is 0 Å². The molecule has 0 radical (unpaired) electrons. The van der Waals surface area contributed by atoms with E-state index in [4.69, 9.17) is 4.74 Å². The second kappa shape index (κ2) is 8.86. The molecule has 0 saturated carbocycles. The summed E-state index contributed by atoms with van der Waals surface area (Å²) < 4.78 is 5.65. The van der Waals surface area contributed by atoms with Gasteiger partial charge >= 0.3 is 0 Å². The molecule has 1 atom stereocenters. The van der Waals surface area contributed by atoms with Gasteiger partial charge in [0.2, 0.25) is 0 Å². The molecule has 1 unspecified atom stereocenters. The van der Waals surface area contributed by atoms with E-state index in [9.17, 15) is 0 Å². The van der Waals surface area contributed by atoms with Crippen LogP contribution in [0.2, 0.25) is 0 Å². The summed E-state index contributed by atoms with van der Waals surface area (Å²) in [5.74, 6) is 0. The number of nitrogens with one attached hydrogen (secondary N) is 1. The van der Waals surface area contributed by atoms with Crippen LogP contribution in [0.5, 0.6) is 0 Å². The third kappa shape index (κ3) is 7.71. The highest BCUT2D eigenvalue weighted by molar-refractivity contribution is 4.69. The molecule has 1 fully saturated rings. The Balaban J connectivity index is 2.04. The average Bonchev–Trinajstić information content (AvgIpc) is 2.26. The molecule has 0 aromatic carbocycles. The van der Waals surface area contributed by atoms with E-state index in [0.717, 1.165) is 32.8 Å². The van der Waals surface area contributed by atoms with Crippen molar-refractivity contribution in [3.8, 4) is 0 Å². The largest absolute Gasteiger partial charge is 0.379 e. The van der Waals surface area contributed by atoms with Gasteiger partial charge in [0, 0.05) is 19.1 Å². The number of rotatable bonds is 6. The third-order valence-electron chi connectivity index (χ3n) is 3.26. The number of ether oxygens (including phenoxy) is 1. The highest BCUT2D eigenvalue weighted by Crippen LogP contribution is 2.01. The molecule has 102 valence electrons. The topological polar surface area (TPSA) is 27.7 Å². The van der Waals surface area contributed by atoms with Gasteiger partial charge in [-0.3, -0.25) is 0 Å². The second-order valence-electron chi connectivity index (χ2n) is 5.25. The van der Waals surface area contributed by atoms with Crippen molar-refractivity contribution in [3.05, 3.63) is 0 Å². The minimum absolute atomic E-state index is 0.660. The average molecular weight is 243 g/mol. The van der Waals surface area contributed by atoms with Crippen molar-refractivity contribution >= 4 is 0 Å². The molecular weight excluding hydrogens is 214 g/mol. The summed E-state index contributed by atoms with van der Waals surface area (Å²) in [4.78, 5) is 4.69. The molecule has 1 aliphatic heterocycles. The van der Waals surface area contributed by atoms with Gasteiger partial charge in [0.05, 0.1) is 13.2 Å². The van der Waals surface area contributed by atoms with Crippen LogP contribution in [0.1, 0.15) is 19.8 Å². The Bertz CT molecular complexity index is 188. The van der Waals surface area contributed by atoms with Crippen LogP contribution in [0.4, 0.5) is 0 Å². The van der Waals surface area contributed by atoms with E-state index in [0.29, 0.717) is 6.04 Å². The van der Waals surface area contributed by atoms with Crippen LogP contribution in [0.15, 0.2) is 0 Å². The van der Waals surface area contributed by atoms with Gasteiger partial charge in [-0.1, -0.05) is 0 Å². The Morgan fingerprint density at radius 3 is 2.88 bits per heavy atom. The fourth-order valence-corrected chi connectivity index (χ4v) is 2.01. The lowest BCUT2D eigenvalue weighted by Gasteiger charge is -2.27. The number of hydrogen-bond acceptors (Lipinski definition) is 4. The van der Waals surface area contributed by atoms with Gasteiger partial charge < -0.3 is 19.9 Å². The van der Waals surface area contributed by atoms with Gasteiger partial charge in [-0.2, -0.15) is 0 Å². The van der Waals surface area contributed by atoms with Crippen LogP contribution in [-0.2, 0) is 4.74 Å². The summed E-state index contributed by atoms with van der Waals surface area (Å²) in [6.45, 7) is 9.65. The molecule has 1 N–H and O–H groups in total. The van der Waals surface area contributed by atoms with E-state index in [-0.39, 0.29) is 0 Å². The smallest absolute Gasteiger partial charge is 0.0594 e.